The van der Waals surface area contributed by atoms with Crippen LogP contribution < -0.4 is 10.6 Å². The third-order valence-electron chi connectivity index (χ3n) is 4.52. The standard InChI is InChI=1S/C22H23F5N2O2S/c1-3-13(2)32-15-7-9-19(17(12-15)22(25,26)27)29-20(30)5-4-10-28-21(31)16-8-6-14(23)11-18(16)24/h6-9,11-13H,3-5,10H2,1-2H3,(H,28,31)(H,29,30). The molecule has 0 aliphatic carbocycles. The second kappa shape index (κ2) is 11.3. The maximum Gasteiger partial charge on any atom is 0.418 e. The minimum absolute atomic E-state index is 0.0142. The Kier molecular flexibility index (Phi) is 9.06. The maximum absolute atomic E-state index is 13.6. The highest BCUT2D eigenvalue weighted by Gasteiger charge is 2.34. The number of rotatable bonds is 9. The van der Waals surface area contributed by atoms with Crippen LogP contribution in [-0.2, 0) is 11.0 Å². The topological polar surface area (TPSA) is 58.2 Å². The number of halogens is 5. The van der Waals surface area contributed by atoms with E-state index >= 15 is 0 Å². The molecule has 174 valence electrons. The molecule has 0 bridgehead atoms. The van der Waals surface area contributed by atoms with Crippen LogP contribution in [0.2, 0.25) is 0 Å². The van der Waals surface area contributed by atoms with Gasteiger partial charge in [-0.15, -0.1) is 11.8 Å². The predicted molar refractivity (Wildman–Crippen MR) is 114 cm³/mol. The molecule has 0 aromatic heterocycles. The van der Waals surface area contributed by atoms with Gasteiger partial charge < -0.3 is 10.6 Å². The highest BCUT2D eigenvalue weighted by molar-refractivity contribution is 7.99. The molecule has 0 fully saturated rings. The van der Waals surface area contributed by atoms with Gasteiger partial charge in [-0.25, -0.2) is 8.78 Å². The van der Waals surface area contributed by atoms with Crippen molar-refractivity contribution < 1.29 is 31.5 Å². The number of alkyl halides is 3. The molecule has 2 aromatic rings. The molecular formula is C22H23F5N2O2S. The Labute approximate surface area is 187 Å². The molecule has 10 heteroatoms. The van der Waals surface area contributed by atoms with E-state index in [2.05, 4.69) is 10.6 Å². The van der Waals surface area contributed by atoms with Gasteiger partial charge in [0.25, 0.3) is 5.91 Å². The molecule has 32 heavy (non-hydrogen) atoms. The predicted octanol–water partition coefficient (Wildman–Crippen LogP) is 6.02. The molecule has 4 nitrogen and oxygen atoms in total. The van der Waals surface area contributed by atoms with Crippen molar-refractivity contribution in [1.29, 1.82) is 0 Å². The molecule has 0 saturated heterocycles. The van der Waals surface area contributed by atoms with E-state index in [0.29, 0.717) is 11.0 Å². The van der Waals surface area contributed by atoms with Gasteiger partial charge in [-0.2, -0.15) is 13.2 Å². The molecule has 0 aliphatic rings. The lowest BCUT2D eigenvalue weighted by molar-refractivity contribution is -0.137. The van der Waals surface area contributed by atoms with E-state index < -0.39 is 35.2 Å². The van der Waals surface area contributed by atoms with E-state index in [-0.39, 0.29) is 35.9 Å². The van der Waals surface area contributed by atoms with Crippen molar-refractivity contribution >= 4 is 29.3 Å². The quantitative estimate of drug-likeness (QED) is 0.265. The molecule has 0 spiro atoms. The number of thioether (sulfide) groups is 1. The van der Waals surface area contributed by atoms with Gasteiger partial charge in [0, 0.05) is 29.2 Å². The lowest BCUT2D eigenvalue weighted by atomic mass is 10.1. The fourth-order valence-corrected chi connectivity index (χ4v) is 3.65. The van der Waals surface area contributed by atoms with E-state index in [0.717, 1.165) is 24.6 Å². The normalized spacial score (nSPS) is 12.3. The summed E-state index contributed by atoms with van der Waals surface area (Å²) < 4.78 is 66.8. The average Bonchev–Trinajstić information content (AvgIpc) is 2.71. The van der Waals surface area contributed by atoms with Crippen molar-refractivity contribution in [2.45, 2.75) is 49.4 Å². The summed E-state index contributed by atoms with van der Waals surface area (Å²) in [7, 11) is 0. The number of hydrogen-bond acceptors (Lipinski definition) is 3. The first-order valence-electron chi connectivity index (χ1n) is 9.92. The molecule has 0 aliphatic heterocycles. The first-order chi connectivity index (χ1) is 15.0. The van der Waals surface area contributed by atoms with Crippen LogP contribution in [0.15, 0.2) is 41.3 Å². The monoisotopic (exact) mass is 474 g/mol. The summed E-state index contributed by atoms with van der Waals surface area (Å²) in [6.45, 7) is 3.84. The maximum atomic E-state index is 13.6. The molecule has 2 N–H and O–H groups in total. The van der Waals surface area contributed by atoms with Crippen LogP contribution in [0.4, 0.5) is 27.6 Å². The van der Waals surface area contributed by atoms with Crippen molar-refractivity contribution in [2.75, 3.05) is 11.9 Å². The Morgan fingerprint density at radius 1 is 1.09 bits per heavy atom. The molecular weight excluding hydrogens is 451 g/mol. The van der Waals surface area contributed by atoms with Gasteiger partial charge in [-0.3, -0.25) is 9.59 Å². The highest BCUT2D eigenvalue weighted by atomic mass is 32.2. The molecule has 0 heterocycles. The van der Waals surface area contributed by atoms with E-state index in [1.807, 2.05) is 13.8 Å². The van der Waals surface area contributed by atoms with Gasteiger partial charge in [0.05, 0.1) is 16.8 Å². The summed E-state index contributed by atoms with van der Waals surface area (Å²) in [6.07, 6.45) is -3.88. The first kappa shape index (κ1) is 25.6. The zero-order valence-electron chi connectivity index (χ0n) is 17.5. The van der Waals surface area contributed by atoms with Crippen molar-refractivity contribution in [3.8, 4) is 0 Å². The van der Waals surface area contributed by atoms with Crippen molar-refractivity contribution in [2.24, 2.45) is 0 Å². The lowest BCUT2D eigenvalue weighted by Gasteiger charge is -2.16. The van der Waals surface area contributed by atoms with Gasteiger partial charge in [0.1, 0.15) is 11.6 Å². The number of amides is 2. The third-order valence-corrected chi connectivity index (χ3v) is 5.79. The summed E-state index contributed by atoms with van der Waals surface area (Å²) in [4.78, 5) is 24.5. The van der Waals surface area contributed by atoms with Crippen LogP contribution in [0.3, 0.4) is 0 Å². The van der Waals surface area contributed by atoms with Crippen LogP contribution in [0, 0.1) is 11.6 Å². The summed E-state index contributed by atoms with van der Waals surface area (Å²) in [5.74, 6) is -3.27. The van der Waals surface area contributed by atoms with Gasteiger partial charge in [0.2, 0.25) is 5.91 Å². The largest absolute Gasteiger partial charge is 0.418 e. The molecule has 0 radical (unpaired) electrons. The number of anilines is 1. The number of carbonyl (C=O) groups is 2. The van der Waals surface area contributed by atoms with Crippen molar-refractivity contribution in [1.82, 2.24) is 5.32 Å². The molecule has 2 rings (SSSR count). The van der Waals surface area contributed by atoms with E-state index in [1.54, 1.807) is 0 Å². The zero-order chi connectivity index (χ0) is 23.9. The smallest absolute Gasteiger partial charge is 0.352 e. The van der Waals surface area contributed by atoms with E-state index in [1.165, 1.54) is 23.9 Å². The highest BCUT2D eigenvalue weighted by Crippen LogP contribution is 2.38. The van der Waals surface area contributed by atoms with Gasteiger partial charge in [0.15, 0.2) is 0 Å². The fraction of sp³-hybridized carbons (Fsp3) is 0.364. The number of nitrogens with one attached hydrogen (secondary N) is 2. The lowest BCUT2D eigenvalue weighted by Crippen LogP contribution is -2.26. The number of carbonyl (C=O) groups excluding carboxylic acids is 2. The third kappa shape index (κ3) is 7.51. The van der Waals surface area contributed by atoms with Crippen molar-refractivity contribution in [3.05, 3.63) is 59.2 Å². The summed E-state index contributed by atoms with van der Waals surface area (Å²) in [6, 6.07) is 6.28. The van der Waals surface area contributed by atoms with Gasteiger partial charge in [-0.1, -0.05) is 13.8 Å². The Bertz CT molecular complexity index is 966. The number of benzene rings is 2. The van der Waals surface area contributed by atoms with Crippen molar-refractivity contribution in [3.63, 3.8) is 0 Å². The molecule has 1 unspecified atom stereocenters. The first-order valence-corrected chi connectivity index (χ1v) is 10.8. The van der Waals surface area contributed by atoms with Crippen LogP contribution in [-0.4, -0.2) is 23.6 Å². The second-order valence-electron chi connectivity index (χ2n) is 7.07. The van der Waals surface area contributed by atoms with Crippen LogP contribution in [0.25, 0.3) is 0 Å². The molecule has 0 saturated carbocycles. The Hall–Kier alpha value is -2.62. The Balaban J connectivity index is 1.92. The minimum atomic E-state index is -4.64. The fourth-order valence-electron chi connectivity index (χ4n) is 2.69. The zero-order valence-corrected chi connectivity index (χ0v) is 18.3. The average molecular weight is 474 g/mol. The SMILES string of the molecule is CCC(C)Sc1ccc(NC(=O)CCCNC(=O)c2ccc(F)cc2F)c(C(F)(F)F)c1. The molecule has 2 aromatic carbocycles. The summed E-state index contributed by atoms with van der Waals surface area (Å²) in [5, 5.41) is 4.79. The van der Waals surface area contributed by atoms with Crippen LogP contribution in [0.5, 0.6) is 0 Å². The summed E-state index contributed by atoms with van der Waals surface area (Å²) in [5.41, 5.74) is -1.62. The Morgan fingerprint density at radius 3 is 2.44 bits per heavy atom. The minimum Gasteiger partial charge on any atom is -0.352 e. The number of hydrogen-bond donors (Lipinski definition) is 2. The summed E-state index contributed by atoms with van der Waals surface area (Å²) >= 11 is 1.32. The molecule has 2 amide bonds. The van der Waals surface area contributed by atoms with Gasteiger partial charge in [-0.05, 0) is 43.2 Å². The van der Waals surface area contributed by atoms with E-state index in [4.69, 9.17) is 0 Å². The van der Waals surface area contributed by atoms with Crippen LogP contribution >= 0.6 is 11.8 Å². The molecule has 1 atom stereocenters. The van der Waals surface area contributed by atoms with Crippen LogP contribution in [0.1, 0.15) is 49.0 Å². The van der Waals surface area contributed by atoms with E-state index in [9.17, 15) is 31.5 Å². The second-order valence-corrected chi connectivity index (χ2v) is 8.59. The Morgan fingerprint density at radius 2 is 1.81 bits per heavy atom. The van der Waals surface area contributed by atoms with Gasteiger partial charge >= 0.3 is 6.18 Å².